The number of halogens is 4. The average molecular weight is 306 g/mol. The first kappa shape index (κ1) is 14.3. The number of nitrogens with one attached hydrogen (secondary N) is 1. The lowest BCUT2D eigenvalue weighted by molar-refractivity contribution is -0.0497. The molecule has 0 aromatic heterocycles. The van der Waals surface area contributed by atoms with Crippen molar-refractivity contribution in [3.05, 3.63) is 23.2 Å². The number of benzene rings is 1. The minimum absolute atomic E-state index is 0.109. The van der Waals surface area contributed by atoms with E-state index in [-0.39, 0.29) is 16.5 Å². The standard InChI is InChI=1S/C8H7Cl2F2NO3S/c9-4-17(14,15)13-5-1-2-7(6(10)3-5)16-8(11)12/h1-3,8,13H,4H2. The normalized spacial score (nSPS) is 11.6. The van der Waals surface area contributed by atoms with Crippen LogP contribution in [0.4, 0.5) is 14.5 Å². The Morgan fingerprint density at radius 2 is 2.06 bits per heavy atom. The second-order valence-corrected chi connectivity index (χ2v) is 5.56. The predicted octanol–water partition coefficient (Wildman–Crippen LogP) is 2.88. The monoisotopic (exact) mass is 305 g/mol. The lowest BCUT2D eigenvalue weighted by atomic mass is 10.3. The molecule has 0 saturated carbocycles. The molecule has 0 fully saturated rings. The topological polar surface area (TPSA) is 55.4 Å². The summed E-state index contributed by atoms with van der Waals surface area (Å²) in [6.07, 6.45) is 0. The fourth-order valence-corrected chi connectivity index (χ4v) is 1.89. The van der Waals surface area contributed by atoms with E-state index in [0.29, 0.717) is 0 Å². The molecule has 0 bridgehead atoms. The van der Waals surface area contributed by atoms with E-state index in [1.165, 1.54) is 6.07 Å². The van der Waals surface area contributed by atoms with Gasteiger partial charge in [-0.05, 0) is 18.2 Å². The Bertz CT molecular complexity index is 496. The molecule has 0 unspecified atom stereocenters. The van der Waals surface area contributed by atoms with Crippen LogP contribution in [0.2, 0.25) is 5.02 Å². The van der Waals surface area contributed by atoms with Crippen LogP contribution in [0.15, 0.2) is 18.2 Å². The first-order chi connectivity index (χ1) is 7.84. The van der Waals surface area contributed by atoms with Crippen LogP contribution in [0.25, 0.3) is 0 Å². The molecule has 0 atom stereocenters. The number of rotatable bonds is 5. The van der Waals surface area contributed by atoms with E-state index in [0.717, 1.165) is 12.1 Å². The maximum atomic E-state index is 11.9. The van der Waals surface area contributed by atoms with Crippen LogP contribution in [-0.2, 0) is 10.0 Å². The highest BCUT2D eigenvalue weighted by Crippen LogP contribution is 2.29. The van der Waals surface area contributed by atoms with Crippen molar-refractivity contribution in [2.45, 2.75) is 6.61 Å². The summed E-state index contributed by atoms with van der Waals surface area (Å²) in [5.74, 6) is -0.240. The summed E-state index contributed by atoms with van der Waals surface area (Å²) in [6, 6.07) is 3.50. The van der Waals surface area contributed by atoms with E-state index in [1.54, 1.807) is 0 Å². The first-order valence-corrected chi connectivity index (χ1v) is 6.71. The van der Waals surface area contributed by atoms with Crippen molar-refractivity contribution < 1.29 is 21.9 Å². The van der Waals surface area contributed by atoms with Gasteiger partial charge in [-0.15, -0.1) is 11.6 Å². The van der Waals surface area contributed by atoms with Gasteiger partial charge in [-0.2, -0.15) is 8.78 Å². The Labute approximate surface area is 107 Å². The molecule has 17 heavy (non-hydrogen) atoms. The molecule has 0 aliphatic carbocycles. The van der Waals surface area contributed by atoms with Crippen LogP contribution in [0.1, 0.15) is 0 Å². The number of hydrogen-bond acceptors (Lipinski definition) is 3. The van der Waals surface area contributed by atoms with Crippen molar-refractivity contribution in [3.63, 3.8) is 0 Å². The number of ether oxygens (including phenoxy) is 1. The highest BCUT2D eigenvalue weighted by atomic mass is 35.5. The SMILES string of the molecule is O=S(=O)(CCl)Nc1ccc(OC(F)F)c(Cl)c1. The van der Waals surface area contributed by atoms with Crippen molar-refractivity contribution >= 4 is 38.9 Å². The number of anilines is 1. The zero-order valence-electron chi connectivity index (χ0n) is 8.16. The molecule has 96 valence electrons. The van der Waals surface area contributed by atoms with Crippen LogP contribution in [0.3, 0.4) is 0 Å². The summed E-state index contributed by atoms with van der Waals surface area (Å²) in [7, 11) is -3.66. The number of alkyl halides is 3. The molecule has 0 spiro atoms. The van der Waals surface area contributed by atoms with Gasteiger partial charge in [0.05, 0.1) is 10.7 Å². The third-order valence-electron chi connectivity index (χ3n) is 1.56. The van der Waals surface area contributed by atoms with E-state index in [1.807, 2.05) is 0 Å². The van der Waals surface area contributed by atoms with E-state index in [4.69, 9.17) is 23.2 Å². The lowest BCUT2D eigenvalue weighted by Gasteiger charge is -2.09. The molecule has 4 nitrogen and oxygen atoms in total. The third kappa shape index (κ3) is 4.53. The van der Waals surface area contributed by atoms with E-state index in [9.17, 15) is 17.2 Å². The summed E-state index contributed by atoms with van der Waals surface area (Å²) < 4.78 is 52.2. The molecule has 0 heterocycles. The van der Waals surface area contributed by atoms with Crippen molar-refractivity contribution in [1.82, 2.24) is 0 Å². The van der Waals surface area contributed by atoms with Crippen LogP contribution < -0.4 is 9.46 Å². The maximum Gasteiger partial charge on any atom is 0.387 e. The molecule has 1 aromatic carbocycles. The van der Waals surface area contributed by atoms with Gasteiger partial charge in [0.1, 0.15) is 11.0 Å². The smallest absolute Gasteiger partial charge is 0.387 e. The fraction of sp³-hybridized carbons (Fsp3) is 0.250. The van der Waals surface area contributed by atoms with E-state index < -0.39 is 21.8 Å². The molecule has 1 aromatic rings. The lowest BCUT2D eigenvalue weighted by Crippen LogP contribution is -2.13. The molecular weight excluding hydrogens is 299 g/mol. The molecule has 0 amide bonds. The van der Waals surface area contributed by atoms with Gasteiger partial charge in [-0.25, -0.2) is 8.42 Å². The van der Waals surface area contributed by atoms with Gasteiger partial charge < -0.3 is 4.74 Å². The second-order valence-electron chi connectivity index (χ2n) is 2.85. The number of hydrogen-bond donors (Lipinski definition) is 1. The van der Waals surface area contributed by atoms with Gasteiger partial charge in [0.2, 0.25) is 10.0 Å². The van der Waals surface area contributed by atoms with Crippen molar-refractivity contribution in [1.29, 1.82) is 0 Å². The summed E-state index contributed by atoms with van der Waals surface area (Å²) >= 11 is 10.8. The highest BCUT2D eigenvalue weighted by Gasteiger charge is 2.12. The van der Waals surface area contributed by atoms with Gasteiger partial charge in [0.25, 0.3) is 0 Å². The maximum absolute atomic E-state index is 11.9. The minimum Gasteiger partial charge on any atom is -0.433 e. The van der Waals surface area contributed by atoms with Crippen molar-refractivity contribution in [3.8, 4) is 5.75 Å². The molecule has 0 radical (unpaired) electrons. The van der Waals surface area contributed by atoms with Gasteiger partial charge in [-0.3, -0.25) is 4.72 Å². The largest absolute Gasteiger partial charge is 0.433 e. The van der Waals surface area contributed by atoms with Crippen LogP contribution >= 0.6 is 23.2 Å². The zero-order chi connectivity index (χ0) is 13.1. The molecule has 1 rings (SSSR count). The molecule has 9 heteroatoms. The molecule has 1 N–H and O–H groups in total. The number of sulfonamides is 1. The Kier molecular flexibility index (Phi) is 4.79. The Hall–Kier alpha value is -0.790. The molecule has 0 aliphatic heterocycles. The van der Waals surface area contributed by atoms with Gasteiger partial charge in [-0.1, -0.05) is 11.6 Å². The minimum atomic E-state index is -3.66. The zero-order valence-corrected chi connectivity index (χ0v) is 10.5. The summed E-state index contributed by atoms with van der Waals surface area (Å²) in [5.41, 5.74) is 0.109. The predicted molar refractivity (Wildman–Crippen MR) is 61.3 cm³/mol. The van der Waals surface area contributed by atoms with Crippen LogP contribution in [0, 0.1) is 0 Å². The fourth-order valence-electron chi connectivity index (χ4n) is 0.963. The van der Waals surface area contributed by atoms with E-state index >= 15 is 0 Å². The average Bonchev–Trinajstić information content (AvgIpc) is 2.21. The molecular formula is C8H7Cl2F2NO3S. The Morgan fingerprint density at radius 1 is 1.41 bits per heavy atom. The summed E-state index contributed by atoms with van der Waals surface area (Å²) in [5, 5.41) is -0.764. The van der Waals surface area contributed by atoms with Crippen molar-refractivity contribution in [2.75, 3.05) is 9.93 Å². The second kappa shape index (κ2) is 5.70. The Balaban J connectivity index is 2.89. The van der Waals surface area contributed by atoms with Crippen molar-refractivity contribution in [2.24, 2.45) is 0 Å². The summed E-state index contributed by atoms with van der Waals surface area (Å²) in [6.45, 7) is -3.00. The quantitative estimate of drug-likeness (QED) is 0.851. The van der Waals surface area contributed by atoms with Crippen LogP contribution in [0.5, 0.6) is 5.75 Å². The first-order valence-electron chi connectivity index (χ1n) is 4.15. The third-order valence-corrected chi connectivity index (χ3v) is 3.56. The van der Waals surface area contributed by atoms with Gasteiger partial charge >= 0.3 is 6.61 Å². The van der Waals surface area contributed by atoms with Gasteiger partial charge in [0.15, 0.2) is 0 Å². The Morgan fingerprint density at radius 3 is 2.53 bits per heavy atom. The summed E-state index contributed by atoms with van der Waals surface area (Å²) in [4.78, 5) is 0. The molecule has 0 saturated heterocycles. The van der Waals surface area contributed by atoms with Gasteiger partial charge in [0, 0.05) is 0 Å². The van der Waals surface area contributed by atoms with Crippen LogP contribution in [-0.4, -0.2) is 20.2 Å². The molecule has 0 aliphatic rings. The highest BCUT2D eigenvalue weighted by molar-refractivity contribution is 7.93. The van der Waals surface area contributed by atoms with E-state index in [2.05, 4.69) is 9.46 Å².